The highest BCUT2D eigenvalue weighted by molar-refractivity contribution is 5.90. The van der Waals surface area contributed by atoms with Crippen LogP contribution in [0.5, 0.6) is 0 Å². The molecule has 0 aliphatic heterocycles. The molecule has 1 heterocycles. The molecule has 8 N–H and O–H groups in total. The molecule has 1 unspecified atom stereocenters. The maximum atomic E-state index is 11.5. The summed E-state index contributed by atoms with van der Waals surface area (Å²) in [5.74, 6) is -4.15. The Balaban J connectivity index is 2.59. The quantitative estimate of drug-likeness (QED) is 0.359. The first kappa shape index (κ1) is 18.2. The van der Waals surface area contributed by atoms with E-state index in [0.717, 1.165) is 4.73 Å². The summed E-state index contributed by atoms with van der Waals surface area (Å²) >= 11 is 0. The van der Waals surface area contributed by atoms with Crippen LogP contribution in [0.4, 0.5) is 0 Å². The summed E-state index contributed by atoms with van der Waals surface area (Å²) in [4.78, 5) is 33.4. The lowest BCUT2D eigenvalue weighted by molar-refractivity contribution is -0.150. The van der Waals surface area contributed by atoms with Crippen molar-refractivity contribution >= 4 is 28.8 Å². The van der Waals surface area contributed by atoms with Crippen molar-refractivity contribution in [2.24, 2.45) is 11.5 Å². The molecule has 1 aromatic heterocycles. The van der Waals surface area contributed by atoms with Gasteiger partial charge in [-0.1, -0.05) is 6.07 Å². The van der Waals surface area contributed by atoms with E-state index < -0.39 is 35.9 Å². The summed E-state index contributed by atoms with van der Waals surface area (Å²) in [7, 11) is 0. The van der Waals surface area contributed by atoms with Gasteiger partial charge in [0.05, 0.1) is 11.9 Å². The zero-order valence-electron chi connectivity index (χ0n) is 12.9. The zero-order valence-corrected chi connectivity index (χ0v) is 12.9. The van der Waals surface area contributed by atoms with E-state index in [0.29, 0.717) is 10.9 Å². The van der Waals surface area contributed by atoms with Crippen LogP contribution in [0.25, 0.3) is 10.9 Å². The Morgan fingerprint density at radius 3 is 2.36 bits per heavy atom. The lowest BCUT2D eigenvalue weighted by Crippen LogP contribution is -2.46. The third kappa shape index (κ3) is 3.39. The SMILES string of the molecule is NC(Cc1cn(O)c2ccc([C@](N)(CC(=O)O)C(=O)O)cc12)C(=O)O. The number of fused-ring (bicyclic) bond motifs is 1. The van der Waals surface area contributed by atoms with Crippen molar-refractivity contribution in [2.45, 2.75) is 24.4 Å². The van der Waals surface area contributed by atoms with Crippen molar-refractivity contribution in [3.8, 4) is 0 Å². The fraction of sp³-hybridized carbons (Fsp3) is 0.267. The Bertz CT molecular complexity index is 860. The highest BCUT2D eigenvalue weighted by Crippen LogP contribution is 2.29. The monoisotopic (exact) mass is 351 g/mol. The van der Waals surface area contributed by atoms with Crippen LogP contribution in [0.2, 0.25) is 0 Å². The molecule has 0 fully saturated rings. The molecule has 0 aliphatic rings. The average molecular weight is 351 g/mol. The highest BCUT2D eigenvalue weighted by atomic mass is 16.5. The molecule has 10 nitrogen and oxygen atoms in total. The van der Waals surface area contributed by atoms with Crippen LogP contribution >= 0.6 is 0 Å². The minimum Gasteiger partial charge on any atom is -0.481 e. The van der Waals surface area contributed by atoms with Crippen LogP contribution < -0.4 is 11.5 Å². The minimum atomic E-state index is -2.18. The lowest BCUT2D eigenvalue weighted by atomic mass is 9.86. The summed E-state index contributed by atoms with van der Waals surface area (Å²) in [5, 5.41) is 37.4. The number of carbonyl (C=O) groups is 3. The zero-order chi connectivity index (χ0) is 18.9. The highest BCUT2D eigenvalue weighted by Gasteiger charge is 2.39. The van der Waals surface area contributed by atoms with Crippen molar-refractivity contribution < 1.29 is 34.9 Å². The van der Waals surface area contributed by atoms with Gasteiger partial charge in [0.2, 0.25) is 0 Å². The van der Waals surface area contributed by atoms with Gasteiger partial charge in [-0.3, -0.25) is 9.59 Å². The number of aliphatic carboxylic acids is 3. The van der Waals surface area contributed by atoms with Gasteiger partial charge in [-0.2, -0.15) is 4.73 Å². The first-order chi connectivity index (χ1) is 11.6. The maximum Gasteiger partial charge on any atom is 0.328 e. The number of carboxylic acid groups (broad SMARTS) is 3. The molecule has 0 aliphatic carbocycles. The van der Waals surface area contributed by atoms with Crippen LogP contribution in [0.1, 0.15) is 17.5 Å². The Labute approximate surface area is 140 Å². The first-order valence-corrected chi connectivity index (χ1v) is 7.12. The Kier molecular flexibility index (Phi) is 4.68. The van der Waals surface area contributed by atoms with Gasteiger partial charge in [-0.25, -0.2) is 4.79 Å². The summed E-state index contributed by atoms with van der Waals surface area (Å²) in [5.41, 5.74) is 9.76. The van der Waals surface area contributed by atoms with Gasteiger partial charge >= 0.3 is 17.9 Å². The van der Waals surface area contributed by atoms with E-state index in [4.69, 9.17) is 21.7 Å². The number of hydrogen-bond acceptors (Lipinski definition) is 6. The van der Waals surface area contributed by atoms with E-state index in [-0.39, 0.29) is 17.5 Å². The number of rotatable bonds is 7. The largest absolute Gasteiger partial charge is 0.481 e. The van der Waals surface area contributed by atoms with Gasteiger partial charge in [0.15, 0.2) is 5.54 Å². The molecular formula is C15H17N3O7. The van der Waals surface area contributed by atoms with Crippen molar-refractivity contribution in [1.29, 1.82) is 0 Å². The van der Waals surface area contributed by atoms with E-state index in [2.05, 4.69) is 0 Å². The number of hydrogen-bond donors (Lipinski definition) is 6. The van der Waals surface area contributed by atoms with Crippen molar-refractivity contribution in [3.05, 3.63) is 35.5 Å². The number of carboxylic acids is 3. The van der Waals surface area contributed by atoms with Gasteiger partial charge in [-0.05, 0) is 23.3 Å². The molecule has 0 bridgehead atoms. The van der Waals surface area contributed by atoms with Crippen molar-refractivity contribution in [1.82, 2.24) is 4.73 Å². The van der Waals surface area contributed by atoms with E-state index in [9.17, 15) is 24.7 Å². The van der Waals surface area contributed by atoms with Gasteiger partial charge in [0.1, 0.15) is 6.04 Å². The summed E-state index contributed by atoms with van der Waals surface area (Å²) in [6.07, 6.45) is 0.289. The van der Waals surface area contributed by atoms with Gasteiger partial charge < -0.3 is 32.0 Å². The molecule has 0 amide bonds. The second-order valence-corrected chi connectivity index (χ2v) is 5.73. The van der Waals surface area contributed by atoms with Crippen molar-refractivity contribution in [2.75, 3.05) is 0 Å². The van der Waals surface area contributed by atoms with E-state index >= 15 is 0 Å². The minimum absolute atomic E-state index is 0.00578. The third-order valence-corrected chi connectivity index (χ3v) is 3.95. The molecule has 0 saturated heterocycles. The topological polar surface area (TPSA) is 189 Å². The van der Waals surface area contributed by atoms with E-state index in [1.54, 1.807) is 0 Å². The molecule has 134 valence electrons. The molecule has 0 spiro atoms. The van der Waals surface area contributed by atoms with Crippen LogP contribution in [0.15, 0.2) is 24.4 Å². The van der Waals surface area contributed by atoms with Crippen LogP contribution in [-0.2, 0) is 26.3 Å². The molecule has 10 heteroatoms. The smallest absolute Gasteiger partial charge is 0.328 e. The predicted octanol–water partition coefficient (Wildman–Crippen LogP) is -0.454. The Hall–Kier alpha value is -3.11. The number of benzene rings is 1. The first-order valence-electron chi connectivity index (χ1n) is 7.12. The molecule has 25 heavy (non-hydrogen) atoms. The van der Waals surface area contributed by atoms with E-state index in [1.165, 1.54) is 24.4 Å². The molecule has 0 radical (unpaired) electrons. The molecule has 0 saturated carbocycles. The summed E-state index contributed by atoms with van der Waals surface area (Å²) < 4.78 is 0.749. The number of aromatic nitrogens is 1. The van der Waals surface area contributed by atoms with Crippen LogP contribution in [-0.4, -0.2) is 49.2 Å². The van der Waals surface area contributed by atoms with Gasteiger partial charge in [0.25, 0.3) is 0 Å². The lowest BCUT2D eigenvalue weighted by Gasteiger charge is -2.23. The van der Waals surface area contributed by atoms with Crippen LogP contribution in [0, 0.1) is 0 Å². The molecule has 1 aromatic carbocycles. The van der Waals surface area contributed by atoms with Gasteiger partial charge in [-0.15, -0.1) is 0 Å². The summed E-state index contributed by atoms with van der Waals surface area (Å²) in [6.45, 7) is 0. The average Bonchev–Trinajstić information content (AvgIpc) is 2.82. The second kappa shape index (κ2) is 6.42. The van der Waals surface area contributed by atoms with Crippen molar-refractivity contribution in [3.63, 3.8) is 0 Å². The third-order valence-electron chi connectivity index (χ3n) is 3.95. The molecule has 2 rings (SSSR count). The number of nitrogens with two attached hydrogens (primary N) is 2. The Morgan fingerprint density at radius 1 is 1.20 bits per heavy atom. The fourth-order valence-corrected chi connectivity index (χ4v) is 2.58. The maximum absolute atomic E-state index is 11.5. The molecule has 2 aromatic rings. The molecule has 2 atom stereocenters. The molecular weight excluding hydrogens is 334 g/mol. The van der Waals surface area contributed by atoms with E-state index in [1.807, 2.05) is 0 Å². The number of nitrogens with zero attached hydrogens (tertiary/aromatic N) is 1. The van der Waals surface area contributed by atoms with Crippen LogP contribution in [0.3, 0.4) is 0 Å². The van der Waals surface area contributed by atoms with Gasteiger partial charge in [0, 0.05) is 18.0 Å². The second-order valence-electron chi connectivity index (χ2n) is 5.73. The fourth-order valence-electron chi connectivity index (χ4n) is 2.58. The standard InChI is InChI=1S/C15H17N3O7/c16-10(13(21)22)3-7-6-18(25)11-2-1-8(4-9(7)11)15(17,14(23)24)5-12(19)20/h1-2,4,6,10,25H,3,5,16-17H2,(H,19,20)(H,21,22)(H,23,24)/t10?,15-/m1/s1. The predicted molar refractivity (Wildman–Crippen MR) is 84.2 cm³/mol. The summed E-state index contributed by atoms with van der Waals surface area (Å²) in [6, 6.07) is 2.76. The Morgan fingerprint density at radius 2 is 1.84 bits per heavy atom. The normalized spacial score (nSPS) is 14.8.